The van der Waals surface area contributed by atoms with Gasteiger partial charge in [0.05, 0.1) is 16.2 Å². The minimum atomic E-state index is -0.405. The van der Waals surface area contributed by atoms with E-state index in [9.17, 15) is 9.59 Å². The second-order valence-corrected chi connectivity index (χ2v) is 9.88. The zero-order chi connectivity index (χ0) is 23.5. The van der Waals surface area contributed by atoms with Gasteiger partial charge in [-0.2, -0.15) is 0 Å². The summed E-state index contributed by atoms with van der Waals surface area (Å²) in [5.41, 5.74) is 2.67. The van der Waals surface area contributed by atoms with E-state index in [-0.39, 0.29) is 11.5 Å². The van der Waals surface area contributed by atoms with E-state index < -0.39 is 5.25 Å². The summed E-state index contributed by atoms with van der Waals surface area (Å²) in [4.78, 5) is 26.0. The van der Waals surface area contributed by atoms with Crippen molar-refractivity contribution in [2.45, 2.75) is 57.5 Å². The number of thioether (sulfide) groups is 1. The van der Waals surface area contributed by atoms with Crippen LogP contribution in [-0.4, -0.2) is 30.3 Å². The van der Waals surface area contributed by atoms with Crippen LogP contribution in [0.3, 0.4) is 0 Å². The summed E-state index contributed by atoms with van der Waals surface area (Å²) in [6, 6.07) is 15.3. The average Bonchev–Trinajstić information content (AvgIpc) is 3.22. The second-order valence-electron chi connectivity index (χ2n) is 8.57. The summed E-state index contributed by atoms with van der Waals surface area (Å²) in [5.74, 6) is 0.846. The second kappa shape index (κ2) is 9.79. The molecule has 4 aromatic rings. The van der Waals surface area contributed by atoms with Gasteiger partial charge in [0.15, 0.2) is 5.16 Å². The third-order valence-corrected chi connectivity index (χ3v) is 6.73. The third-order valence-electron chi connectivity index (χ3n) is 5.69. The van der Waals surface area contributed by atoms with Crippen molar-refractivity contribution in [2.24, 2.45) is 5.92 Å². The smallest absolute Gasteiger partial charge is 0.262 e. The van der Waals surface area contributed by atoms with Crippen molar-refractivity contribution in [3.63, 3.8) is 0 Å². The molecule has 2 aromatic carbocycles. The molecule has 33 heavy (non-hydrogen) atoms. The fourth-order valence-corrected chi connectivity index (χ4v) is 4.53. The van der Waals surface area contributed by atoms with E-state index >= 15 is 0 Å². The Kier molecular flexibility index (Phi) is 6.83. The maximum atomic E-state index is 13.2. The Hall–Kier alpha value is -3.13. The number of amides is 1. The monoisotopic (exact) mass is 463 g/mol. The largest absolute Gasteiger partial charge is 0.325 e. The predicted octanol–water partition coefficient (Wildman–Crippen LogP) is 4.77. The first-order chi connectivity index (χ1) is 15.9. The normalized spacial score (nSPS) is 12.5. The Balaban J connectivity index is 1.66. The van der Waals surface area contributed by atoms with Crippen molar-refractivity contribution in [1.82, 2.24) is 19.2 Å². The molecule has 1 amide bonds. The molecule has 1 atom stereocenters. The van der Waals surface area contributed by atoms with E-state index in [1.54, 1.807) is 4.57 Å². The molecule has 8 heteroatoms. The van der Waals surface area contributed by atoms with Gasteiger partial charge in [-0.3, -0.25) is 18.6 Å². The van der Waals surface area contributed by atoms with E-state index in [0.717, 1.165) is 24.0 Å². The third kappa shape index (κ3) is 4.80. The average molecular weight is 464 g/mol. The number of aryl methyl sites for hydroxylation is 2. The number of benzene rings is 2. The van der Waals surface area contributed by atoms with Crippen molar-refractivity contribution in [3.8, 4) is 0 Å². The maximum absolute atomic E-state index is 13.2. The number of fused-ring (bicyclic) bond motifs is 3. The molecule has 2 heterocycles. The highest BCUT2D eigenvalue weighted by molar-refractivity contribution is 8.00. The Morgan fingerprint density at radius 1 is 1.06 bits per heavy atom. The van der Waals surface area contributed by atoms with E-state index in [4.69, 9.17) is 0 Å². The highest BCUT2D eigenvalue weighted by atomic mass is 32.2. The zero-order valence-corrected chi connectivity index (χ0v) is 20.2. The molecule has 0 radical (unpaired) electrons. The number of para-hydroxylation sites is 1. The van der Waals surface area contributed by atoms with Gasteiger partial charge in [-0.15, -0.1) is 10.2 Å². The van der Waals surface area contributed by atoms with Gasteiger partial charge in [-0.1, -0.05) is 56.8 Å². The first-order valence-corrected chi connectivity index (χ1v) is 12.2. The van der Waals surface area contributed by atoms with E-state index in [1.165, 1.54) is 17.3 Å². The van der Waals surface area contributed by atoms with Gasteiger partial charge in [0.1, 0.15) is 0 Å². The number of hydrogen-bond donors (Lipinski definition) is 1. The lowest BCUT2D eigenvalue weighted by atomic mass is 10.1. The van der Waals surface area contributed by atoms with E-state index in [1.807, 2.05) is 59.9 Å². The molecular formula is C25H29N5O2S. The minimum absolute atomic E-state index is 0.0657. The van der Waals surface area contributed by atoms with Gasteiger partial charge in [0.25, 0.3) is 5.56 Å². The maximum Gasteiger partial charge on any atom is 0.262 e. The van der Waals surface area contributed by atoms with Crippen LogP contribution in [0.4, 0.5) is 5.69 Å². The standard InChI is InChI=1S/C25H29N5O2S/c1-5-18-10-12-19(13-11-18)26-22(31)17(4)33-25-28-27-24-29(15-14-16(2)3)23(32)20-8-6-7-9-21(20)30(24)25/h6-13,16-17H,5,14-15H2,1-4H3,(H,26,31). The summed E-state index contributed by atoms with van der Waals surface area (Å²) >= 11 is 1.33. The van der Waals surface area contributed by atoms with Crippen LogP contribution >= 0.6 is 11.8 Å². The summed E-state index contributed by atoms with van der Waals surface area (Å²) in [5, 5.41) is 12.5. The molecule has 4 rings (SSSR count). The predicted molar refractivity (Wildman–Crippen MR) is 134 cm³/mol. The number of nitrogens with one attached hydrogen (secondary N) is 1. The van der Waals surface area contributed by atoms with Crippen molar-refractivity contribution in [1.29, 1.82) is 0 Å². The molecule has 0 aliphatic rings. The van der Waals surface area contributed by atoms with Crippen LogP contribution < -0.4 is 10.9 Å². The molecule has 1 unspecified atom stereocenters. The van der Waals surface area contributed by atoms with Gasteiger partial charge in [-0.25, -0.2) is 0 Å². The van der Waals surface area contributed by atoms with Crippen LogP contribution in [0.25, 0.3) is 16.7 Å². The van der Waals surface area contributed by atoms with Gasteiger partial charge in [0.2, 0.25) is 11.7 Å². The Morgan fingerprint density at radius 2 is 1.79 bits per heavy atom. The number of aromatic nitrogens is 4. The van der Waals surface area contributed by atoms with Crippen LogP contribution in [0.2, 0.25) is 0 Å². The molecule has 172 valence electrons. The van der Waals surface area contributed by atoms with Gasteiger partial charge < -0.3 is 5.32 Å². The molecule has 0 saturated heterocycles. The molecule has 0 spiro atoms. The molecule has 1 N–H and O–H groups in total. The van der Waals surface area contributed by atoms with Gasteiger partial charge >= 0.3 is 0 Å². The van der Waals surface area contributed by atoms with Crippen molar-refractivity contribution in [3.05, 3.63) is 64.4 Å². The fourth-order valence-electron chi connectivity index (χ4n) is 3.68. The number of rotatable bonds is 8. The van der Waals surface area contributed by atoms with Crippen LogP contribution in [0.15, 0.2) is 58.5 Å². The number of nitrogens with zero attached hydrogens (tertiary/aromatic N) is 4. The molecular weight excluding hydrogens is 434 g/mol. The van der Waals surface area contributed by atoms with Crippen LogP contribution in [0, 0.1) is 5.92 Å². The first-order valence-electron chi connectivity index (χ1n) is 11.3. The van der Waals surface area contributed by atoms with E-state index in [2.05, 4.69) is 36.3 Å². The topological polar surface area (TPSA) is 81.3 Å². The molecule has 0 fully saturated rings. The van der Waals surface area contributed by atoms with Crippen LogP contribution in [-0.2, 0) is 17.8 Å². The van der Waals surface area contributed by atoms with Crippen molar-refractivity contribution < 1.29 is 4.79 Å². The lowest BCUT2D eigenvalue weighted by molar-refractivity contribution is -0.115. The lowest BCUT2D eigenvalue weighted by Crippen LogP contribution is -2.25. The SMILES string of the molecule is CCc1ccc(NC(=O)C(C)Sc2nnc3n(CCC(C)C)c(=O)c4ccccc4n23)cc1. The molecule has 0 aliphatic heterocycles. The fraction of sp³-hybridized carbons (Fsp3) is 0.360. The number of anilines is 1. The van der Waals surface area contributed by atoms with Crippen molar-refractivity contribution in [2.75, 3.05) is 5.32 Å². The summed E-state index contributed by atoms with van der Waals surface area (Å²) in [6.07, 6.45) is 1.81. The number of carbonyl (C=O) groups is 1. The van der Waals surface area contributed by atoms with Gasteiger partial charge in [0, 0.05) is 12.2 Å². The van der Waals surface area contributed by atoms with E-state index in [0.29, 0.717) is 28.8 Å². The Bertz CT molecular complexity index is 1340. The lowest BCUT2D eigenvalue weighted by Gasteiger charge is -2.14. The molecule has 0 saturated carbocycles. The highest BCUT2D eigenvalue weighted by Crippen LogP contribution is 2.26. The van der Waals surface area contributed by atoms with Crippen LogP contribution in [0.5, 0.6) is 0 Å². The molecule has 0 bridgehead atoms. The van der Waals surface area contributed by atoms with Crippen molar-refractivity contribution >= 4 is 40.0 Å². The van der Waals surface area contributed by atoms with Crippen LogP contribution in [0.1, 0.15) is 39.7 Å². The summed E-state index contributed by atoms with van der Waals surface area (Å²) in [6.45, 7) is 8.77. The van der Waals surface area contributed by atoms with Gasteiger partial charge in [-0.05, 0) is 55.5 Å². The summed E-state index contributed by atoms with van der Waals surface area (Å²) < 4.78 is 3.58. The first kappa shape index (κ1) is 23.0. The molecule has 2 aromatic heterocycles. The molecule has 0 aliphatic carbocycles. The zero-order valence-electron chi connectivity index (χ0n) is 19.4. The molecule has 7 nitrogen and oxygen atoms in total. The Labute approximate surface area is 197 Å². The number of carbonyl (C=O) groups excluding carboxylic acids is 1. The minimum Gasteiger partial charge on any atom is -0.325 e. The quantitative estimate of drug-likeness (QED) is 0.381. The Morgan fingerprint density at radius 3 is 2.48 bits per heavy atom. The number of hydrogen-bond acceptors (Lipinski definition) is 5. The summed E-state index contributed by atoms with van der Waals surface area (Å²) in [7, 11) is 0. The highest BCUT2D eigenvalue weighted by Gasteiger charge is 2.21.